The summed E-state index contributed by atoms with van der Waals surface area (Å²) in [7, 11) is -4.08. The zero-order valence-electron chi connectivity index (χ0n) is 9.92. The maximum absolute atomic E-state index is 11.8. The molecule has 0 amide bonds. The van der Waals surface area contributed by atoms with Gasteiger partial charge in [-0.25, -0.2) is 4.79 Å². The quantitative estimate of drug-likeness (QED) is 0.339. The molecule has 10 heteroatoms. The second-order valence-corrected chi connectivity index (χ2v) is 5.41. The number of hydrogen-bond donors (Lipinski definition) is 0. The number of nitro benzene ring substituents is 1. The molecule has 1 atom stereocenters. The van der Waals surface area contributed by atoms with Crippen molar-refractivity contribution in [2.45, 2.75) is 11.0 Å². The number of carbonyl (C=O) groups excluding carboxylic acids is 1. The van der Waals surface area contributed by atoms with Crippen LogP contribution in [0.2, 0.25) is 0 Å². The number of carbonyl (C=O) groups is 1. The summed E-state index contributed by atoms with van der Waals surface area (Å²) < 4.78 is 37.3. The SMILES string of the molecule is O=C1OCC(COS(=O)(=O)c2ccc([N+](=O)[O-])cc2)O1. The first-order valence-electron chi connectivity index (χ1n) is 5.36. The molecule has 1 aliphatic heterocycles. The van der Waals surface area contributed by atoms with Gasteiger partial charge in [0.05, 0.1) is 9.82 Å². The fourth-order valence-corrected chi connectivity index (χ4v) is 2.35. The molecule has 1 aromatic carbocycles. The Labute approximate surface area is 113 Å². The van der Waals surface area contributed by atoms with E-state index in [0.29, 0.717) is 0 Å². The zero-order valence-corrected chi connectivity index (χ0v) is 10.7. The van der Waals surface area contributed by atoms with Gasteiger partial charge >= 0.3 is 6.16 Å². The second kappa shape index (κ2) is 5.43. The summed E-state index contributed by atoms with van der Waals surface area (Å²) in [4.78, 5) is 20.2. The molecule has 1 aromatic rings. The van der Waals surface area contributed by atoms with Crippen LogP contribution >= 0.6 is 0 Å². The highest BCUT2D eigenvalue weighted by atomic mass is 32.2. The van der Waals surface area contributed by atoms with Crippen molar-refractivity contribution in [1.82, 2.24) is 0 Å². The van der Waals surface area contributed by atoms with E-state index in [1.54, 1.807) is 0 Å². The van der Waals surface area contributed by atoms with Gasteiger partial charge in [0.1, 0.15) is 13.2 Å². The molecule has 1 saturated heterocycles. The number of ether oxygens (including phenoxy) is 2. The number of non-ortho nitro benzene ring substituents is 1. The van der Waals surface area contributed by atoms with Crippen LogP contribution in [0.1, 0.15) is 0 Å². The Kier molecular flexibility index (Phi) is 3.86. The van der Waals surface area contributed by atoms with E-state index in [1.807, 2.05) is 0 Å². The summed E-state index contributed by atoms with van der Waals surface area (Å²) >= 11 is 0. The number of nitrogens with zero attached hydrogens (tertiary/aromatic N) is 1. The largest absolute Gasteiger partial charge is 0.508 e. The van der Waals surface area contributed by atoms with E-state index < -0.39 is 27.3 Å². The van der Waals surface area contributed by atoms with Crippen LogP contribution in [0, 0.1) is 10.1 Å². The molecule has 20 heavy (non-hydrogen) atoms. The lowest BCUT2D eigenvalue weighted by molar-refractivity contribution is -0.384. The smallest absolute Gasteiger partial charge is 0.430 e. The van der Waals surface area contributed by atoms with Crippen LogP contribution < -0.4 is 0 Å². The van der Waals surface area contributed by atoms with Crippen LogP contribution in [-0.4, -0.2) is 38.8 Å². The summed E-state index contributed by atoms with van der Waals surface area (Å²) in [5.74, 6) is 0. The highest BCUT2D eigenvalue weighted by Crippen LogP contribution is 2.18. The lowest BCUT2D eigenvalue weighted by Crippen LogP contribution is -2.21. The maximum atomic E-state index is 11.8. The molecule has 0 spiro atoms. The summed E-state index contributed by atoms with van der Waals surface area (Å²) in [6, 6.07) is 4.22. The molecule has 1 heterocycles. The Balaban J connectivity index is 2.02. The standard InChI is InChI=1S/C10H9NO8S/c12-10-17-5-8(19-10)6-18-20(15,16)9-3-1-7(2-4-9)11(13)14/h1-4,8H,5-6H2. The molecule has 9 nitrogen and oxygen atoms in total. The van der Waals surface area contributed by atoms with E-state index in [9.17, 15) is 23.3 Å². The van der Waals surface area contributed by atoms with Gasteiger partial charge in [0.15, 0.2) is 6.10 Å². The Morgan fingerprint density at radius 3 is 2.50 bits per heavy atom. The minimum Gasteiger partial charge on any atom is -0.430 e. The number of benzene rings is 1. The molecule has 1 aliphatic rings. The van der Waals surface area contributed by atoms with Crippen LogP contribution in [0.15, 0.2) is 29.2 Å². The number of nitro groups is 1. The van der Waals surface area contributed by atoms with Gasteiger partial charge in [0.25, 0.3) is 15.8 Å². The number of cyclic esters (lactones) is 2. The first-order valence-corrected chi connectivity index (χ1v) is 6.76. The maximum Gasteiger partial charge on any atom is 0.508 e. The molecular formula is C10H9NO8S. The van der Waals surface area contributed by atoms with Gasteiger partial charge in [-0.2, -0.15) is 8.42 Å². The topological polar surface area (TPSA) is 122 Å². The van der Waals surface area contributed by atoms with Gasteiger partial charge in [0, 0.05) is 12.1 Å². The summed E-state index contributed by atoms with van der Waals surface area (Å²) in [6.07, 6.45) is -1.68. The van der Waals surface area contributed by atoms with Gasteiger partial charge in [-0.05, 0) is 12.1 Å². The Morgan fingerprint density at radius 2 is 2.00 bits per heavy atom. The second-order valence-electron chi connectivity index (χ2n) is 3.79. The predicted octanol–water partition coefficient (Wildman–Crippen LogP) is 0.836. The van der Waals surface area contributed by atoms with Gasteiger partial charge < -0.3 is 9.47 Å². The molecule has 1 fully saturated rings. The van der Waals surface area contributed by atoms with Gasteiger partial charge in [-0.1, -0.05) is 0 Å². The molecule has 0 radical (unpaired) electrons. The zero-order chi connectivity index (χ0) is 14.8. The van der Waals surface area contributed by atoms with Crippen LogP contribution in [-0.2, 0) is 23.8 Å². The molecule has 2 rings (SSSR count). The fourth-order valence-electron chi connectivity index (χ4n) is 1.42. The molecule has 1 unspecified atom stereocenters. The third-order valence-electron chi connectivity index (χ3n) is 2.40. The van der Waals surface area contributed by atoms with Crippen molar-refractivity contribution >= 4 is 22.0 Å². The van der Waals surface area contributed by atoms with E-state index in [0.717, 1.165) is 24.3 Å². The summed E-state index contributed by atoms with van der Waals surface area (Å²) in [5.41, 5.74) is -0.234. The molecule has 0 aromatic heterocycles. The molecule has 0 aliphatic carbocycles. The van der Waals surface area contributed by atoms with Crippen molar-refractivity contribution in [3.63, 3.8) is 0 Å². The molecule has 0 N–H and O–H groups in total. The van der Waals surface area contributed by atoms with E-state index in [4.69, 9.17) is 4.18 Å². The molecule has 108 valence electrons. The highest BCUT2D eigenvalue weighted by Gasteiger charge is 2.28. The van der Waals surface area contributed by atoms with E-state index >= 15 is 0 Å². The fraction of sp³-hybridized carbons (Fsp3) is 0.300. The molecule has 0 bridgehead atoms. The van der Waals surface area contributed by atoms with E-state index in [1.165, 1.54) is 0 Å². The molecular weight excluding hydrogens is 294 g/mol. The van der Waals surface area contributed by atoms with E-state index in [2.05, 4.69) is 9.47 Å². The third kappa shape index (κ3) is 3.22. The van der Waals surface area contributed by atoms with Crippen molar-refractivity contribution < 1.29 is 31.8 Å². The van der Waals surface area contributed by atoms with Gasteiger partial charge in [-0.3, -0.25) is 14.3 Å². The first-order chi connectivity index (χ1) is 9.38. The Hall–Kier alpha value is -2.20. The van der Waals surface area contributed by atoms with Crippen molar-refractivity contribution in [2.24, 2.45) is 0 Å². The predicted molar refractivity (Wildman–Crippen MR) is 62.5 cm³/mol. The summed E-state index contributed by atoms with van der Waals surface area (Å²) in [6.45, 7) is -0.473. The average Bonchev–Trinajstić information content (AvgIpc) is 2.82. The first kappa shape index (κ1) is 14.2. The van der Waals surface area contributed by atoms with Gasteiger partial charge in [-0.15, -0.1) is 0 Å². The van der Waals surface area contributed by atoms with Gasteiger partial charge in [0.2, 0.25) is 0 Å². The van der Waals surface area contributed by atoms with Crippen LogP contribution in [0.3, 0.4) is 0 Å². The minimum absolute atomic E-state index is 0.0887. The minimum atomic E-state index is -4.08. The summed E-state index contributed by atoms with van der Waals surface area (Å²) in [5, 5.41) is 10.5. The van der Waals surface area contributed by atoms with Crippen LogP contribution in [0.5, 0.6) is 0 Å². The van der Waals surface area contributed by atoms with Crippen LogP contribution in [0.25, 0.3) is 0 Å². The van der Waals surface area contributed by atoms with Crippen LogP contribution in [0.4, 0.5) is 10.5 Å². The van der Waals surface area contributed by atoms with Crippen molar-refractivity contribution in [1.29, 1.82) is 0 Å². The lowest BCUT2D eigenvalue weighted by atomic mass is 10.3. The monoisotopic (exact) mass is 303 g/mol. The molecule has 0 saturated carbocycles. The Bertz CT molecular complexity index is 623. The highest BCUT2D eigenvalue weighted by molar-refractivity contribution is 7.86. The van der Waals surface area contributed by atoms with Crippen molar-refractivity contribution in [3.05, 3.63) is 34.4 Å². The number of hydrogen-bond acceptors (Lipinski definition) is 8. The lowest BCUT2D eigenvalue weighted by Gasteiger charge is -2.08. The average molecular weight is 303 g/mol. The van der Waals surface area contributed by atoms with Crippen molar-refractivity contribution in [3.8, 4) is 0 Å². The van der Waals surface area contributed by atoms with E-state index in [-0.39, 0.29) is 23.8 Å². The van der Waals surface area contributed by atoms with Crippen molar-refractivity contribution in [2.75, 3.05) is 13.2 Å². The normalized spacial score (nSPS) is 18.4. The number of rotatable bonds is 5. The third-order valence-corrected chi connectivity index (χ3v) is 3.69. The Morgan fingerprint density at radius 1 is 1.35 bits per heavy atom.